The number of rotatable bonds is 2. The maximum absolute atomic E-state index is 4.48. The number of nitrogens with one attached hydrogen (secondary N) is 1. The Hall–Kier alpha value is -2.48. The molecule has 3 aliphatic rings. The second-order valence-electron chi connectivity index (χ2n) is 7.40. The first-order chi connectivity index (χ1) is 12.1. The minimum atomic E-state index is 0.405. The van der Waals surface area contributed by atoms with E-state index in [-0.39, 0.29) is 0 Å². The third-order valence-electron chi connectivity index (χ3n) is 5.40. The van der Waals surface area contributed by atoms with Crippen molar-refractivity contribution in [3.8, 4) is 0 Å². The molecule has 0 unspecified atom stereocenters. The number of benzene rings is 1. The Labute approximate surface area is 150 Å². The molecule has 1 N–H and O–H groups in total. The highest BCUT2D eigenvalue weighted by Crippen LogP contribution is 2.44. The molecular formula is C23H26N2. The summed E-state index contributed by atoms with van der Waals surface area (Å²) in [7, 11) is 0. The van der Waals surface area contributed by atoms with Crippen molar-refractivity contribution in [2.75, 3.05) is 4.90 Å². The number of hydrogen-bond acceptors (Lipinski definition) is 2. The van der Waals surface area contributed by atoms with E-state index in [1.165, 1.54) is 41.1 Å². The average Bonchev–Trinajstić information content (AvgIpc) is 2.62. The van der Waals surface area contributed by atoms with Crippen LogP contribution >= 0.6 is 0 Å². The molecular weight excluding hydrogens is 304 g/mol. The average molecular weight is 330 g/mol. The Morgan fingerprint density at radius 3 is 2.48 bits per heavy atom. The van der Waals surface area contributed by atoms with Gasteiger partial charge >= 0.3 is 0 Å². The predicted octanol–water partition coefficient (Wildman–Crippen LogP) is 5.80. The zero-order valence-electron chi connectivity index (χ0n) is 15.2. The van der Waals surface area contributed by atoms with Crippen LogP contribution in [-0.2, 0) is 0 Å². The second-order valence-corrected chi connectivity index (χ2v) is 7.40. The van der Waals surface area contributed by atoms with Gasteiger partial charge in [-0.25, -0.2) is 0 Å². The lowest BCUT2D eigenvalue weighted by Gasteiger charge is -2.41. The van der Waals surface area contributed by atoms with E-state index >= 15 is 0 Å². The molecule has 0 atom stereocenters. The number of para-hydroxylation sites is 1. The number of hydrogen-bond donors (Lipinski definition) is 1. The molecule has 25 heavy (non-hydrogen) atoms. The van der Waals surface area contributed by atoms with Gasteiger partial charge in [0.15, 0.2) is 0 Å². The zero-order valence-corrected chi connectivity index (χ0v) is 15.2. The highest BCUT2D eigenvalue weighted by atomic mass is 15.2. The maximum atomic E-state index is 4.48. The van der Waals surface area contributed by atoms with E-state index in [9.17, 15) is 0 Å². The van der Waals surface area contributed by atoms with Crippen LogP contribution < -0.4 is 10.2 Å². The molecule has 4 rings (SSSR count). The predicted molar refractivity (Wildman–Crippen MR) is 106 cm³/mol. The van der Waals surface area contributed by atoms with Crippen molar-refractivity contribution >= 4 is 5.69 Å². The maximum Gasteiger partial charge on any atom is 0.0500 e. The highest BCUT2D eigenvalue weighted by Gasteiger charge is 2.33. The zero-order chi connectivity index (χ0) is 17.6. The van der Waals surface area contributed by atoms with E-state index in [0.29, 0.717) is 5.92 Å². The molecule has 0 fully saturated rings. The number of nitrogens with zero attached hydrogens (tertiary/aromatic N) is 1. The summed E-state index contributed by atoms with van der Waals surface area (Å²) in [6, 6.07) is 10.5. The van der Waals surface area contributed by atoms with Gasteiger partial charge in [0.25, 0.3) is 0 Å². The molecule has 0 amide bonds. The number of allylic oxidation sites excluding steroid dienone is 5. The van der Waals surface area contributed by atoms with Crippen molar-refractivity contribution in [3.63, 3.8) is 0 Å². The quantitative estimate of drug-likeness (QED) is 0.737. The lowest BCUT2D eigenvalue weighted by Crippen LogP contribution is -2.35. The van der Waals surface area contributed by atoms with Crippen LogP contribution in [-0.4, -0.2) is 0 Å². The van der Waals surface area contributed by atoms with E-state index in [2.05, 4.69) is 73.6 Å². The van der Waals surface area contributed by atoms with Gasteiger partial charge in [-0.3, -0.25) is 0 Å². The van der Waals surface area contributed by atoms with Crippen molar-refractivity contribution in [3.05, 3.63) is 89.1 Å². The molecule has 0 spiro atoms. The Balaban J connectivity index is 1.82. The molecule has 1 aromatic carbocycles. The Morgan fingerprint density at radius 2 is 1.76 bits per heavy atom. The second kappa shape index (κ2) is 6.11. The summed E-state index contributed by atoms with van der Waals surface area (Å²) in [5.41, 5.74) is 9.75. The van der Waals surface area contributed by atoms with Gasteiger partial charge in [-0.15, -0.1) is 0 Å². The molecule has 0 saturated heterocycles. The first kappa shape index (κ1) is 16.0. The Kier molecular flexibility index (Phi) is 3.91. The monoisotopic (exact) mass is 330 g/mol. The standard InChI is InChI=1S/C23H26N2/c1-15(2)22-14-21-23(16(3)19-12-8-9-13-20(19)24-21)17(4)25(22)18-10-6-5-7-11-18/h5-7,10-11,14-15,24H,3-4,8-9,12-13H2,1-2H3. The van der Waals surface area contributed by atoms with Crippen LogP contribution in [0.5, 0.6) is 0 Å². The summed E-state index contributed by atoms with van der Waals surface area (Å²) in [4.78, 5) is 2.30. The van der Waals surface area contributed by atoms with Gasteiger partial charge < -0.3 is 10.2 Å². The summed E-state index contributed by atoms with van der Waals surface area (Å²) >= 11 is 0. The van der Waals surface area contributed by atoms with Gasteiger partial charge in [0, 0.05) is 34.0 Å². The van der Waals surface area contributed by atoms with E-state index < -0.39 is 0 Å². The lowest BCUT2D eigenvalue weighted by atomic mass is 9.81. The first-order valence-electron chi connectivity index (χ1n) is 9.27. The summed E-state index contributed by atoms with van der Waals surface area (Å²) in [5, 5.41) is 3.71. The first-order valence-corrected chi connectivity index (χ1v) is 9.27. The molecule has 2 nitrogen and oxygen atoms in total. The molecule has 0 saturated carbocycles. The molecule has 2 heterocycles. The van der Waals surface area contributed by atoms with Gasteiger partial charge in [-0.1, -0.05) is 45.2 Å². The summed E-state index contributed by atoms with van der Waals surface area (Å²) in [5.74, 6) is 0.405. The molecule has 0 bridgehead atoms. The third-order valence-corrected chi connectivity index (χ3v) is 5.40. The van der Waals surface area contributed by atoms with Crippen LogP contribution in [0, 0.1) is 5.92 Å². The molecule has 2 heteroatoms. The van der Waals surface area contributed by atoms with Gasteiger partial charge in [0.2, 0.25) is 0 Å². The molecule has 128 valence electrons. The minimum absolute atomic E-state index is 0.405. The summed E-state index contributed by atoms with van der Waals surface area (Å²) in [6.45, 7) is 13.4. The van der Waals surface area contributed by atoms with Gasteiger partial charge in [0.05, 0.1) is 0 Å². The van der Waals surface area contributed by atoms with Crippen LogP contribution in [0.4, 0.5) is 5.69 Å². The molecule has 0 radical (unpaired) electrons. The van der Waals surface area contributed by atoms with E-state index in [0.717, 1.165) is 29.8 Å². The third kappa shape index (κ3) is 2.57. The van der Waals surface area contributed by atoms with Crippen molar-refractivity contribution in [2.24, 2.45) is 5.92 Å². The van der Waals surface area contributed by atoms with Crippen LogP contribution in [0.15, 0.2) is 89.1 Å². The van der Waals surface area contributed by atoms with Crippen LogP contribution in [0.3, 0.4) is 0 Å². The van der Waals surface area contributed by atoms with Crippen LogP contribution in [0.25, 0.3) is 0 Å². The Morgan fingerprint density at radius 1 is 1.04 bits per heavy atom. The fourth-order valence-corrected chi connectivity index (χ4v) is 4.14. The summed E-state index contributed by atoms with van der Waals surface area (Å²) < 4.78 is 0. The van der Waals surface area contributed by atoms with Gasteiger partial charge in [0.1, 0.15) is 0 Å². The summed E-state index contributed by atoms with van der Waals surface area (Å²) in [6.07, 6.45) is 7.07. The molecule has 1 aromatic rings. The van der Waals surface area contributed by atoms with E-state index in [1.54, 1.807) is 0 Å². The smallest absolute Gasteiger partial charge is 0.0500 e. The van der Waals surface area contributed by atoms with Gasteiger partial charge in [-0.2, -0.15) is 0 Å². The molecule has 1 aliphatic carbocycles. The van der Waals surface area contributed by atoms with Crippen LogP contribution in [0.1, 0.15) is 39.5 Å². The lowest BCUT2D eigenvalue weighted by molar-refractivity contribution is 0.634. The minimum Gasteiger partial charge on any atom is -0.358 e. The fourth-order valence-electron chi connectivity index (χ4n) is 4.14. The largest absolute Gasteiger partial charge is 0.358 e. The number of anilines is 1. The molecule has 0 aromatic heterocycles. The van der Waals surface area contributed by atoms with Crippen molar-refractivity contribution in [1.82, 2.24) is 5.32 Å². The van der Waals surface area contributed by atoms with E-state index in [4.69, 9.17) is 0 Å². The van der Waals surface area contributed by atoms with Gasteiger partial charge in [-0.05, 0) is 61.0 Å². The highest BCUT2D eigenvalue weighted by molar-refractivity contribution is 5.74. The normalized spacial score (nSPS) is 20.4. The SMILES string of the molecule is C=C1C2=C(CCCC2)NC2=C1C(=C)N(c1ccccc1)C(C(C)C)=C2. The van der Waals surface area contributed by atoms with Crippen molar-refractivity contribution in [1.29, 1.82) is 0 Å². The number of dihydropyridines is 1. The van der Waals surface area contributed by atoms with Crippen molar-refractivity contribution in [2.45, 2.75) is 39.5 Å². The van der Waals surface area contributed by atoms with Crippen molar-refractivity contribution < 1.29 is 0 Å². The fraction of sp³-hybridized carbons (Fsp3) is 0.304. The van der Waals surface area contributed by atoms with E-state index in [1.807, 2.05) is 0 Å². The topological polar surface area (TPSA) is 15.3 Å². The Bertz CT molecular complexity index is 834. The van der Waals surface area contributed by atoms with Crippen LogP contribution in [0.2, 0.25) is 0 Å². The molecule has 2 aliphatic heterocycles.